The molecule has 0 aliphatic rings. The van der Waals surface area contributed by atoms with Crippen molar-refractivity contribution in [2.24, 2.45) is 0 Å². The first-order valence-electron chi connectivity index (χ1n) is 5.18. The van der Waals surface area contributed by atoms with E-state index in [9.17, 15) is 4.79 Å². The molecule has 0 fully saturated rings. The third kappa shape index (κ3) is 2.58. The predicted molar refractivity (Wildman–Crippen MR) is 70.3 cm³/mol. The van der Waals surface area contributed by atoms with Gasteiger partial charge in [-0.25, -0.2) is 4.79 Å². The smallest absolute Gasteiger partial charge is 0.343 e. The van der Waals surface area contributed by atoms with Gasteiger partial charge in [0, 0.05) is 4.47 Å². The van der Waals surface area contributed by atoms with Crippen LogP contribution in [0.4, 0.5) is 0 Å². The zero-order valence-electron chi connectivity index (χ0n) is 9.26. The molecule has 2 aromatic carbocycles. The molecule has 2 aromatic rings. The summed E-state index contributed by atoms with van der Waals surface area (Å²) in [5.41, 5.74) is 0.753. The number of carbonyl (C=O) groups is 1. The Morgan fingerprint density at radius 1 is 1.11 bits per heavy atom. The Kier molecular flexibility index (Phi) is 3.75. The number of benzene rings is 2. The molecule has 0 saturated carbocycles. The number of carbonyl (C=O) groups excluding carboxylic acids is 1. The minimum absolute atomic E-state index is 0.251. The molecule has 0 saturated heterocycles. The van der Waals surface area contributed by atoms with Gasteiger partial charge < -0.3 is 4.74 Å². The number of nitrogens with zero attached hydrogens (tertiary/aromatic N) is 1. The number of ether oxygens (including phenoxy) is 1. The lowest BCUT2D eigenvalue weighted by Crippen LogP contribution is -2.09. The largest absolute Gasteiger partial charge is 0.421 e. The zero-order chi connectivity index (χ0) is 13.0. The van der Waals surface area contributed by atoms with Gasteiger partial charge in [0.2, 0.25) is 0 Å². The first kappa shape index (κ1) is 12.3. The summed E-state index contributed by atoms with van der Waals surface area (Å²) >= 11 is 3.24. The Balaban J connectivity index is 2.29. The van der Waals surface area contributed by atoms with Crippen molar-refractivity contribution >= 4 is 21.9 Å². The Morgan fingerprint density at radius 3 is 2.50 bits per heavy atom. The number of hydrogen-bond donors (Lipinski definition) is 0. The number of halogens is 1. The summed E-state index contributed by atoms with van der Waals surface area (Å²) < 4.78 is 5.81. The van der Waals surface area contributed by atoms with Gasteiger partial charge in [-0.2, -0.15) is 5.26 Å². The molecule has 0 aliphatic carbocycles. The fraction of sp³-hybridized carbons (Fsp3) is 0. The molecule has 18 heavy (non-hydrogen) atoms. The highest BCUT2D eigenvalue weighted by molar-refractivity contribution is 9.10. The summed E-state index contributed by atoms with van der Waals surface area (Å²) in [6.07, 6.45) is 0. The van der Waals surface area contributed by atoms with E-state index in [-0.39, 0.29) is 5.75 Å². The Bertz CT molecular complexity index is 617. The van der Waals surface area contributed by atoms with Crippen molar-refractivity contribution in [1.29, 1.82) is 5.26 Å². The van der Waals surface area contributed by atoms with Crippen LogP contribution in [-0.4, -0.2) is 5.97 Å². The molecule has 0 unspecified atom stereocenters. The fourth-order valence-corrected chi connectivity index (χ4v) is 1.87. The Morgan fingerprint density at radius 2 is 1.83 bits per heavy atom. The van der Waals surface area contributed by atoms with Crippen molar-refractivity contribution in [2.45, 2.75) is 0 Å². The normalized spacial score (nSPS) is 9.56. The lowest BCUT2D eigenvalue weighted by Gasteiger charge is -2.06. The average Bonchev–Trinajstić information content (AvgIpc) is 2.40. The summed E-state index contributed by atoms with van der Waals surface area (Å²) in [4.78, 5) is 11.8. The van der Waals surface area contributed by atoms with Crippen LogP contribution >= 0.6 is 15.9 Å². The van der Waals surface area contributed by atoms with Crippen molar-refractivity contribution in [3.8, 4) is 11.8 Å². The third-order valence-corrected chi connectivity index (χ3v) is 2.96. The summed E-state index contributed by atoms with van der Waals surface area (Å²) in [5.74, 6) is -0.231. The van der Waals surface area contributed by atoms with E-state index in [2.05, 4.69) is 15.9 Å². The molecule has 0 radical (unpaired) electrons. The van der Waals surface area contributed by atoms with Crippen molar-refractivity contribution in [3.05, 3.63) is 64.1 Å². The van der Waals surface area contributed by atoms with E-state index in [0.717, 1.165) is 0 Å². The Hall–Kier alpha value is -2.12. The van der Waals surface area contributed by atoms with Crippen LogP contribution in [0.5, 0.6) is 5.75 Å². The van der Waals surface area contributed by atoms with Gasteiger partial charge in [-0.3, -0.25) is 0 Å². The number of nitriles is 1. The molecule has 0 spiro atoms. The number of rotatable bonds is 2. The maximum absolute atomic E-state index is 11.8. The van der Waals surface area contributed by atoms with Gasteiger partial charge >= 0.3 is 5.97 Å². The SMILES string of the molecule is N#Cc1c(Br)cccc1OC(=O)c1ccccc1. The van der Waals surface area contributed by atoms with E-state index < -0.39 is 5.97 Å². The predicted octanol–water partition coefficient (Wildman–Crippen LogP) is 3.54. The van der Waals surface area contributed by atoms with Crippen molar-refractivity contribution in [3.63, 3.8) is 0 Å². The molecular formula is C14H8BrNO2. The molecule has 0 heterocycles. The van der Waals surface area contributed by atoms with Crippen LogP contribution in [0.3, 0.4) is 0 Å². The number of hydrogen-bond acceptors (Lipinski definition) is 3. The van der Waals surface area contributed by atoms with Crippen LogP contribution in [0.1, 0.15) is 15.9 Å². The highest BCUT2D eigenvalue weighted by atomic mass is 79.9. The average molecular weight is 302 g/mol. The highest BCUT2D eigenvalue weighted by Crippen LogP contribution is 2.26. The van der Waals surface area contributed by atoms with Gasteiger partial charge in [0.25, 0.3) is 0 Å². The van der Waals surface area contributed by atoms with Gasteiger partial charge in [0.05, 0.1) is 5.56 Å². The second-order valence-corrected chi connectivity index (χ2v) is 4.33. The lowest BCUT2D eigenvalue weighted by molar-refractivity contribution is 0.0734. The molecule has 88 valence electrons. The van der Waals surface area contributed by atoms with Gasteiger partial charge in [0.1, 0.15) is 17.4 Å². The lowest BCUT2D eigenvalue weighted by atomic mass is 10.2. The van der Waals surface area contributed by atoms with E-state index in [1.807, 2.05) is 12.1 Å². The van der Waals surface area contributed by atoms with Crippen LogP contribution in [0.2, 0.25) is 0 Å². The standard InChI is InChI=1S/C14H8BrNO2/c15-12-7-4-8-13(11(12)9-16)18-14(17)10-5-2-1-3-6-10/h1-8H. The third-order valence-electron chi connectivity index (χ3n) is 2.30. The molecule has 0 aliphatic heterocycles. The summed E-state index contributed by atoms with van der Waals surface area (Å²) in [6, 6.07) is 15.7. The van der Waals surface area contributed by atoms with E-state index in [1.54, 1.807) is 42.5 Å². The van der Waals surface area contributed by atoms with E-state index >= 15 is 0 Å². The first-order chi connectivity index (χ1) is 8.72. The van der Waals surface area contributed by atoms with Gasteiger partial charge in [-0.15, -0.1) is 0 Å². The molecule has 2 rings (SSSR count). The van der Waals surface area contributed by atoms with Crippen molar-refractivity contribution in [2.75, 3.05) is 0 Å². The van der Waals surface area contributed by atoms with Gasteiger partial charge in [0.15, 0.2) is 0 Å². The molecule has 0 aromatic heterocycles. The second kappa shape index (κ2) is 5.48. The molecule has 4 heteroatoms. The molecule has 0 amide bonds. The summed E-state index contributed by atoms with van der Waals surface area (Å²) in [7, 11) is 0. The maximum Gasteiger partial charge on any atom is 0.343 e. The maximum atomic E-state index is 11.8. The number of esters is 1. The van der Waals surface area contributed by atoms with E-state index in [4.69, 9.17) is 10.00 Å². The minimum atomic E-state index is -0.481. The molecule has 0 atom stereocenters. The quantitative estimate of drug-likeness (QED) is 0.630. The Labute approximate surface area is 113 Å². The minimum Gasteiger partial charge on any atom is -0.421 e. The van der Waals surface area contributed by atoms with Crippen LogP contribution < -0.4 is 4.74 Å². The van der Waals surface area contributed by atoms with E-state index in [1.165, 1.54) is 0 Å². The van der Waals surface area contributed by atoms with E-state index in [0.29, 0.717) is 15.6 Å². The van der Waals surface area contributed by atoms with Gasteiger partial charge in [-0.05, 0) is 40.2 Å². The van der Waals surface area contributed by atoms with Crippen molar-refractivity contribution < 1.29 is 9.53 Å². The van der Waals surface area contributed by atoms with Crippen LogP contribution in [-0.2, 0) is 0 Å². The second-order valence-electron chi connectivity index (χ2n) is 3.48. The molecule has 3 nitrogen and oxygen atoms in total. The topological polar surface area (TPSA) is 50.1 Å². The monoisotopic (exact) mass is 301 g/mol. The van der Waals surface area contributed by atoms with Crippen molar-refractivity contribution in [1.82, 2.24) is 0 Å². The van der Waals surface area contributed by atoms with Gasteiger partial charge in [-0.1, -0.05) is 24.3 Å². The molecular weight excluding hydrogens is 294 g/mol. The zero-order valence-corrected chi connectivity index (χ0v) is 10.8. The van der Waals surface area contributed by atoms with Crippen LogP contribution in [0.25, 0.3) is 0 Å². The molecule has 0 bridgehead atoms. The highest BCUT2D eigenvalue weighted by Gasteiger charge is 2.12. The van der Waals surface area contributed by atoms with Crippen LogP contribution in [0.15, 0.2) is 53.0 Å². The summed E-state index contributed by atoms with van der Waals surface area (Å²) in [5, 5.41) is 9.01. The summed E-state index contributed by atoms with van der Waals surface area (Å²) in [6.45, 7) is 0. The molecule has 0 N–H and O–H groups in total. The fourth-order valence-electron chi connectivity index (χ4n) is 1.43. The van der Waals surface area contributed by atoms with Crippen LogP contribution in [0, 0.1) is 11.3 Å². The first-order valence-corrected chi connectivity index (χ1v) is 5.97.